The maximum Gasteiger partial charge on any atom is 0.232 e. The lowest BCUT2D eigenvalue weighted by molar-refractivity contribution is -0.117. The Kier molecular flexibility index (Phi) is 4.38. The van der Waals surface area contributed by atoms with Crippen molar-refractivity contribution in [2.45, 2.75) is 25.2 Å². The van der Waals surface area contributed by atoms with Crippen LogP contribution in [-0.2, 0) is 11.2 Å². The number of anilines is 2. The lowest BCUT2D eigenvalue weighted by atomic mass is 9.87. The molecular formula is C15H14Br2N2OS. The Morgan fingerprint density at radius 1 is 1.33 bits per heavy atom. The van der Waals surface area contributed by atoms with Crippen LogP contribution in [0.25, 0.3) is 0 Å². The standard InChI is InChI=1S/C15H14Br2N2OS/c16-11-6-8(18)7-12(17)14(11)19-15(20)10-2-1-3-13-9(10)4-5-21-13/h4-7,10H,1-3,18H2,(H,19,20). The summed E-state index contributed by atoms with van der Waals surface area (Å²) in [4.78, 5) is 14.0. The normalized spacial score (nSPS) is 17.3. The van der Waals surface area contributed by atoms with Crippen LogP contribution in [0.1, 0.15) is 29.2 Å². The first-order chi connectivity index (χ1) is 10.1. The molecule has 1 amide bonds. The van der Waals surface area contributed by atoms with Crippen LogP contribution >= 0.6 is 43.2 Å². The number of fused-ring (bicyclic) bond motifs is 1. The average molecular weight is 430 g/mol. The van der Waals surface area contributed by atoms with Gasteiger partial charge >= 0.3 is 0 Å². The van der Waals surface area contributed by atoms with Gasteiger partial charge in [0.15, 0.2) is 0 Å². The van der Waals surface area contributed by atoms with Crippen molar-refractivity contribution in [3.05, 3.63) is 43.0 Å². The Labute approximate surface area is 144 Å². The van der Waals surface area contributed by atoms with Crippen molar-refractivity contribution in [1.29, 1.82) is 0 Å². The Morgan fingerprint density at radius 3 is 2.76 bits per heavy atom. The van der Waals surface area contributed by atoms with Crippen molar-refractivity contribution >= 4 is 60.5 Å². The molecule has 0 saturated carbocycles. The third-order valence-electron chi connectivity index (χ3n) is 3.68. The van der Waals surface area contributed by atoms with Crippen LogP contribution in [0.4, 0.5) is 11.4 Å². The minimum absolute atomic E-state index is 0.0421. The monoisotopic (exact) mass is 428 g/mol. The summed E-state index contributed by atoms with van der Waals surface area (Å²) in [6.07, 6.45) is 3.06. The number of amides is 1. The molecule has 1 aromatic heterocycles. The van der Waals surface area contributed by atoms with E-state index in [1.165, 1.54) is 10.4 Å². The summed E-state index contributed by atoms with van der Waals surface area (Å²) in [6, 6.07) is 5.66. The summed E-state index contributed by atoms with van der Waals surface area (Å²) in [5.41, 5.74) is 8.34. The molecule has 1 aliphatic carbocycles. The van der Waals surface area contributed by atoms with Gasteiger partial charge in [-0.05, 0) is 80.3 Å². The van der Waals surface area contributed by atoms with Crippen LogP contribution in [0.2, 0.25) is 0 Å². The highest BCUT2D eigenvalue weighted by Gasteiger charge is 2.28. The van der Waals surface area contributed by atoms with E-state index < -0.39 is 0 Å². The van der Waals surface area contributed by atoms with E-state index in [4.69, 9.17) is 5.73 Å². The molecule has 1 aliphatic rings. The maximum atomic E-state index is 12.6. The topological polar surface area (TPSA) is 55.1 Å². The van der Waals surface area contributed by atoms with Gasteiger partial charge in [-0.3, -0.25) is 4.79 Å². The third kappa shape index (κ3) is 3.03. The number of rotatable bonds is 2. The number of carbonyl (C=O) groups excluding carboxylic acids is 1. The van der Waals surface area contributed by atoms with E-state index in [0.717, 1.165) is 33.9 Å². The van der Waals surface area contributed by atoms with Crippen molar-refractivity contribution in [2.24, 2.45) is 0 Å². The van der Waals surface area contributed by atoms with Crippen LogP contribution in [0, 0.1) is 0 Å². The first kappa shape index (κ1) is 15.1. The number of nitrogens with two attached hydrogens (primary N) is 1. The minimum Gasteiger partial charge on any atom is -0.399 e. The Morgan fingerprint density at radius 2 is 2.05 bits per heavy atom. The lowest BCUT2D eigenvalue weighted by Crippen LogP contribution is -2.24. The third-order valence-corrected chi connectivity index (χ3v) is 5.93. The van der Waals surface area contributed by atoms with Crippen LogP contribution in [0.3, 0.4) is 0 Å². The summed E-state index contributed by atoms with van der Waals surface area (Å²) < 4.78 is 1.56. The molecule has 3 N–H and O–H groups in total. The van der Waals surface area contributed by atoms with Gasteiger partial charge in [0.05, 0.1) is 11.6 Å². The zero-order valence-corrected chi connectivity index (χ0v) is 15.1. The molecule has 0 spiro atoms. The SMILES string of the molecule is Nc1cc(Br)c(NC(=O)C2CCCc3sccc32)c(Br)c1. The molecule has 0 fully saturated rings. The molecule has 3 nitrogen and oxygen atoms in total. The maximum absolute atomic E-state index is 12.6. The predicted octanol–water partition coefficient (Wildman–Crippen LogP) is 4.91. The number of nitrogen functional groups attached to an aromatic ring is 1. The van der Waals surface area contributed by atoms with E-state index in [1.807, 2.05) is 0 Å². The summed E-state index contributed by atoms with van der Waals surface area (Å²) >= 11 is 8.65. The van der Waals surface area contributed by atoms with E-state index in [9.17, 15) is 4.79 Å². The predicted molar refractivity (Wildman–Crippen MR) is 94.9 cm³/mol. The van der Waals surface area contributed by atoms with Gasteiger partial charge in [-0.15, -0.1) is 11.3 Å². The lowest BCUT2D eigenvalue weighted by Gasteiger charge is -2.22. The molecule has 0 bridgehead atoms. The first-order valence-corrected chi connectivity index (χ1v) is 9.14. The Bertz CT molecular complexity index is 676. The number of halogens is 2. The molecular weight excluding hydrogens is 416 g/mol. The van der Waals surface area contributed by atoms with Crippen molar-refractivity contribution in [3.8, 4) is 0 Å². The van der Waals surface area contributed by atoms with E-state index in [0.29, 0.717) is 5.69 Å². The van der Waals surface area contributed by atoms with Gasteiger partial charge in [-0.25, -0.2) is 0 Å². The molecule has 2 aromatic rings. The highest BCUT2D eigenvalue weighted by atomic mass is 79.9. The smallest absolute Gasteiger partial charge is 0.232 e. The second-order valence-electron chi connectivity index (χ2n) is 5.09. The second-order valence-corrected chi connectivity index (χ2v) is 7.80. The number of aryl methyl sites for hydroxylation is 1. The summed E-state index contributed by atoms with van der Waals surface area (Å²) in [6.45, 7) is 0. The van der Waals surface area contributed by atoms with E-state index in [2.05, 4.69) is 48.6 Å². The van der Waals surface area contributed by atoms with Gasteiger partial charge in [-0.2, -0.15) is 0 Å². The first-order valence-electron chi connectivity index (χ1n) is 6.68. The molecule has 0 saturated heterocycles. The Balaban J connectivity index is 1.86. The summed E-state index contributed by atoms with van der Waals surface area (Å²) in [7, 11) is 0. The molecule has 0 radical (unpaired) electrons. The number of nitrogens with one attached hydrogen (secondary N) is 1. The van der Waals surface area contributed by atoms with Crippen LogP contribution in [-0.4, -0.2) is 5.91 Å². The van der Waals surface area contributed by atoms with Crippen LogP contribution < -0.4 is 11.1 Å². The molecule has 6 heteroatoms. The molecule has 0 aliphatic heterocycles. The fourth-order valence-corrected chi connectivity index (χ4v) is 5.09. The van der Waals surface area contributed by atoms with Crippen molar-refractivity contribution in [3.63, 3.8) is 0 Å². The number of hydrogen-bond donors (Lipinski definition) is 2. The molecule has 1 unspecified atom stereocenters. The Hall–Kier alpha value is -0.850. The molecule has 1 heterocycles. The zero-order chi connectivity index (χ0) is 15.0. The fraction of sp³-hybridized carbons (Fsp3) is 0.267. The minimum atomic E-state index is -0.0589. The van der Waals surface area contributed by atoms with Gasteiger partial charge < -0.3 is 11.1 Å². The molecule has 1 atom stereocenters. The number of hydrogen-bond acceptors (Lipinski definition) is 3. The average Bonchev–Trinajstić information content (AvgIpc) is 2.90. The molecule has 110 valence electrons. The van der Waals surface area contributed by atoms with Gasteiger partial charge in [0.2, 0.25) is 5.91 Å². The van der Waals surface area contributed by atoms with Crippen LogP contribution in [0.15, 0.2) is 32.5 Å². The van der Waals surface area contributed by atoms with Crippen molar-refractivity contribution in [2.75, 3.05) is 11.1 Å². The number of thiophene rings is 1. The summed E-state index contributed by atoms with van der Waals surface area (Å²) in [5, 5.41) is 5.10. The highest BCUT2D eigenvalue weighted by molar-refractivity contribution is 9.11. The van der Waals surface area contributed by atoms with E-state index in [-0.39, 0.29) is 11.8 Å². The van der Waals surface area contributed by atoms with Crippen LogP contribution in [0.5, 0.6) is 0 Å². The number of benzene rings is 1. The van der Waals surface area contributed by atoms with Crippen molar-refractivity contribution in [1.82, 2.24) is 0 Å². The zero-order valence-electron chi connectivity index (χ0n) is 11.2. The highest BCUT2D eigenvalue weighted by Crippen LogP contribution is 2.38. The van der Waals surface area contributed by atoms with Gasteiger partial charge in [0, 0.05) is 19.5 Å². The summed E-state index contributed by atoms with van der Waals surface area (Å²) in [5.74, 6) is -0.0168. The fourth-order valence-electron chi connectivity index (χ4n) is 2.68. The van der Waals surface area contributed by atoms with Gasteiger partial charge in [-0.1, -0.05) is 0 Å². The van der Waals surface area contributed by atoms with Crippen molar-refractivity contribution < 1.29 is 4.79 Å². The molecule has 21 heavy (non-hydrogen) atoms. The molecule has 1 aromatic carbocycles. The van der Waals surface area contributed by atoms with E-state index in [1.54, 1.807) is 23.5 Å². The molecule has 3 rings (SSSR count). The van der Waals surface area contributed by atoms with Gasteiger partial charge in [0.1, 0.15) is 0 Å². The largest absolute Gasteiger partial charge is 0.399 e. The quantitative estimate of drug-likeness (QED) is 0.666. The number of carbonyl (C=O) groups is 1. The second kappa shape index (κ2) is 6.10. The van der Waals surface area contributed by atoms with E-state index >= 15 is 0 Å². The van der Waals surface area contributed by atoms with Gasteiger partial charge in [0.25, 0.3) is 0 Å².